The standard InChI is InChI=1S/C74H122O6/c1-4-7-10-13-16-19-22-25-28-31-34-35-36-37-38-39-41-43-46-49-52-55-58-61-64-67-73(76)79-70-71(69-78-72(75)66-63-60-57-54-51-48-45-42-33-30-27-24-21-18-15-12-9-6-3)80-74(77)68-65-62-59-56-53-50-47-44-40-32-29-26-23-20-17-14-11-8-5-2/h7-8,10-11,16-17,19-20,25-26,28-29,34-35,37-38,40,44,50,53,59,62,71H,4-6,9,12-15,18,21-24,27,30-33,36,39,41-43,45-49,51-52,54-58,60-61,63-70H2,1-3H3/b10-7-,11-8-,19-16-,20-17-,28-25-,29-26-,35-34-,38-37-,44-40-,53-50-,62-59-. The van der Waals surface area contributed by atoms with Crippen molar-refractivity contribution in [3.63, 3.8) is 0 Å². The first-order valence-electron chi connectivity index (χ1n) is 33.2. The van der Waals surface area contributed by atoms with Crippen LogP contribution in [0.4, 0.5) is 0 Å². The summed E-state index contributed by atoms with van der Waals surface area (Å²) in [6.45, 7) is 6.37. The number of rotatable bonds is 59. The van der Waals surface area contributed by atoms with Crippen LogP contribution in [0.5, 0.6) is 0 Å². The fourth-order valence-corrected chi connectivity index (χ4v) is 9.03. The summed E-state index contributed by atoms with van der Waals surface area (Å²) in [6, 6.07) is 0. The molecule has 1 unspecified atom stereocenters. The molecule has 0 aromatic rings. The van der Waals surface area contributed by atoms with Gasteiger partial charge in [-0.2, -0.15) is 0 Å². The van der Waals surface area contributed by atoms with Crippen LogP contribution in [0, 0.1) is 0 Å². The monoisotopic (exact) mass is 1110 g/mol. The number of unbranched alkanes of at least 4 members (excludes halogenated alkanes) is 26. The summed E-state index contributed by atoms with van der Waals surface area (Å²) in [5.41, 5.74) is 0. The lowest BCUT2D eigenvalue weighted by molar-refractivity contribution is -0.166. The average molecular weight is 1110 g/mol. The van der Waals surface area contributed by atoms with Crippen molar-refractivity contribution in [3.05, 3.63) is 134 Å². The molecule has 6 heteroatoms. The van der Waals surface area contributed by atoms with Gasteiger partial charge < -0.3 is 14.2 Å². The van der Waals surface area contributed by atoms with Gasteiger partial charge in [0.1, 0.15) is 13.2 Å². The number of ether oxygens (including phenoxy) is 3. The Bertz CT molecular complexity index is 1700. The lowest BCUT2D eigenvalue weighted by Crippen LogP contribution is -2.30. The molecule has 0 fully saturated rings. The molecule has 0 amide bonds. The molecule has 454 valence electrons. The smallest absolute Gasteiger partial charge is 0.306 e. The molecule has 0 saturated carbocycles. The first-order chi connectivity index (χ1) is 39.5. The molecule has 0 aromatic carbocycles. The minimum absolute atomic E-state index is 0.111. The van der Waals surface area contributed by atoms with E-state index in [1.165, 1.54) is 135 Å². The van der Waals surface area contributed by atoms with Crippen LogP contribution < -0.4 is 0 Å². The number of carbonyl (C=O) groups excluding carboxylic acids is 3. The van der Waals surface area contributed by atoms with Crippen LogP contribution in [0.25, 0.3) is 0 Å². The van der Waals surface area contributed by atoms with E-state index in [1.54, 1.807) is 0 Å². The summed E-state index contributed by atoms with van der Waals surface area (Å²) in [5, 5.41) is 0. The highest BCUT2D eigenvalue weighted by molar-refractivity contribution is 5.71. The van der Waals surface area contributed by atoms with Crippen molar-refractivity contribution in [3.8, 4) is 0 Å². The van der Waals surface area contributed by atoms with E-state index in [0.717, 1.165) is 116 Å². The van der Waals surface area contributed by atoms with Crippen LogP contribution in [-0.2, 0) is 28.6 Å². The number of esters is 3. The normalized spacial score (nSPS) is 13.0. The van der Waals surface area contributed by atoms with Gasteiger partial charge in [0.2, 0.25) is 0 Å². The van der Waals surface area contributed by atoms with Crippen LogP contribution >= 0.6 is 0 Å². The third kappa shape index (κ3) is 64.4. The van der Waals surface area contributed by atoms with Gasteiger partial charge in [0.05, 0.1) is 0 Å². The van der Waals surface area contributed by atoms with Gasteiger partial charge in [0.25, 0.3) is 0 Å². The second kappa shape index (κ2) is 67.1. The van der Waals surface area contributed by atoms with Crippen LogP contribution in [0.3, 0.4) is 0 Å². The summed E-state index contributed by atoms with van der Waals surface area (Å²) in [5.74, 6) is -0.995. The molecule has 1 atom stereocenters. The Labute approximate surface area is 494 Å². The van der Waals surface area contributed by atoms with Crippen LogP contribution in [0.15, 0.2) is 134 Å². The Kier molecular flexibility index (Phi) is 63.3. The highest BCUT2D eigenvalue weighted by Gasteiger charge is 2.19. The molecule has 0 saturated heterocycles. The third-order valence-corrected chi connectivity index (χ3v) is 13.9. The lowest BCUT2D eigenvalue weighted by Gasteiger charge is -2.18. The second-order valence-corrected chi connectivity index (χ2v) is 21.6. The van der Waals surface area contributed by atoms with Crippen molar-refractivity contribution in [1.82, 2.24) is 0 Å². The molecule has 0 aliphatic heterocycles. The Morgan fingerprint density at radius 1 is 0.263 bits per heavy atom. The molecule has 80 heavy (non-hydrogen) atoms. The Morgan fingerprint density at radius 3 is 0.812 bits per heavy atom. The van der Waals surface area contributed by atoms with E-state index < -0.39 is 12.1 Å². The van der Waals surface area contributed by atoms with Crippen molar-refractivity contribution < 1.29 is 28.6 Å². The van der Waals surface area contributed by atoms with Gasteiger partial charge in [0, 0.05) is 19.3 Å². The van der Waals surface area contributed by atoms with Crippen LogP contribution in [0.1, 0.15) is 297 Å². The minimum atomic E-state index is -0.826. The fourth-order valence-electron chi connectivity index (χ4n) is 9.03. The maximum atomic E-state index is 12.9. The van der Waals surface area contributed by atoms with Crippen molar-refractivity contribution in [2.24, 2.45) is 0 Å². The quantitative estimate of drug-likeness (QED) is 0.0261. The highest BCUT2D eigenvalue weighted by atomic mass is 16.6. The molecule has 0 radical (unpaired) electrons. The molecule has 0 bridgehead atoms. The van der Waals surface area contributed by atoms with Crippen molar-refractivity contribution in [2.45, 2.75) is 303 Å². The predicted octanol–water partition coefficient (Wildman–Crippen LogP) is 22.9. The number of hydrogen-bond acceptors (Lipinski definition) is 6. The Balaban J connectivity index is 4.47. The summed E-state index contributed by atoms with van der Waals surface area (Å²) >= 11 is 0. The molecule has 6 nitrogen and oxygen atoms in total. The lowest BCUT2D eigenvalue weighted by atomic mass is 10.0. The summed E-state index contributed by atoms with van der Waals surface area (Å²) in [6.07, 6.45) is 94.7. The molecule has 0 aliphatic carbocycles. The zero-order valence-corrected chi connectivity index (χ0v) is 52.0. The van der Waals surface area contributed by atoms with E-state index in [0.29, 0.717) is 19.3 Å². The van der Waals surface area contributed by atoms with Gasteiger partial charge in [-0.1, -0.05) is 309 Å². The van der Waals surface area contributed by atoms with E-state index in [1.807, 2.05) is 6.08 Å². The second-order valence-electron chi connectivity index (χ2n) is 21.6. The summed E-state index contributed by atoms with van der Waals surface area (Å²) < 4.78 is 16.9. The molecule has 0 aliphatic rings. The van der Waals surface area contributed by atoms with Gasteiger partial charge in [-0.05, 0) is 103 Å². The maximum Gasteiger partial charge on any atom is 0.306 e. The zero-order valence-electron chi connectivity index (χ0n) is 52.0. The third-order valence-electron chi connectivity index (χ3n) is 13.9. The molecular weight excluding hydrogens is 985 g/mol. The number of allylic oxidation sites excluding steroid dienone is 22. The van der Waals surface area contributed by atoms with Gasteiger partial charge in [-0.15, -0.1) is 0 Å². The number of hydrogen-bond donors (Lipinski definition) is 0. The average Bonchev–Trinajstić information content (AvgIpc) is 3.46. The minimum Gasteiger partial charge on any atom is -0.462 e. The van der Waals surface area contributed by atoms with Gasteiger partial charge >= 0.3 is 17.9 Å². The van der Waals surface area contributed by atoms with E-state index >= 15 is 0 Å². The zero-order chi connectivity index (χ0) is 57.8. The largest absolute Gasteiger partial charge is 0.462 e. The van der Waals surface area contributed by atoms with Crippen LogP contribution in [-0.4, -0.2) is 37.2 Å². The number of carbonyl (C=O) groups is 3. The van der Waals surface area contributed by atoms with Crippen molar-refractivity contribution in [1.29, 1.82) is 0 Å². The molecular formula is C74H122O6. The van der Waals surface area contributed by atoms with E-state index in [9.17, 15) is 14.4 Å². The summed E-state index contributed by atoms with van der Waals surface area (Å²) in [4.78, 5) is 38.4. The van der Waals surface area contributed by atoms with Crippen molar-refractivity contribution in [2.75, 3.05) is 13.2 Å². The topological polar surface area (TPSA) is 78.9 Å². The SMILES string of the molecule is CC/C=C\C/C=C\C/C=C\C/C=C\C/C=C\C/C=C\CCC(=O)OC(COC(=O)CCCCCCCCCCC/C=C\C/C=C\C/C=C\C/C=C\C/C=C\CC)COC(=O)CCCCCCCCCCCCCCCCCCCC. The first-order valence-corrected chi connectivity index (χ1v) is 33.2. The van der Waals surface area contributed by atoms with E-state index in [4.69, 9.17) is 14.2 Å². The van der Waals surface area contributed by atoms with E-state index in [2.05, 4.69) is 148 Å². The molecule has 0 rings (SSSR count). The van der Waals surface area contributed by atoms with E-state index in [-0.39, 0.29) is 31.6 Å². The summed E-state index contributed by atoms with van der Waals surface area (Å²) in [7, 11) is 0. The fraction of sp³-hybridized carbons (Fsp3) is 0.662. The highest BCUT2D eigenvalue weighted by Crippen LogP contribution is 2.16. The maximum absolute atomic E-state index is 12.9. The van der Waals surface area contributed by atoms with Gasteiger partial charge in [0.15, 0.2) is 6.10 Å². The molecule has 0 aromatic heterocycles. The molecule has 0 N–H and O–H groups in total. The Morgan fingerprint density at radius 2 is 0.512 bits per heavy atom. The predicted molar refractivity (Wildman–Crippen MR) is 348 cm³/mol. The molecule has 0 heterocycles. The van der Waals surface area contributed by atoms with Crippen LogP contribution in [0.2, 0.25) is 0 Å². The first kappa shape index (κ1) is 75.5. The van der Waals surface area contributed by atoms with Gasteiger partial charge in [-0.3, -0.25) is 14.4 Å². The Hall–Kier alpha value is -4.45. The van der Waals surface area contributed by atoms with Gasteiger partial charge in [-0.25, -0.2) is 0 Å². The molecule has 0 spiro atoms. The van der Waals surface area contributed by atoms with Crippen molar-refractivity contribution >= 4 is 17.9 Å².